The van der Waals surface area contributed by atoms with Crippen LogP contribution in [0.1, 0.15) is 30.4 Å². The number of hydrogen-bond acceptors (Lipinski definition) is 5. The van der Waals surface area contributed by atoms with Crippen LogP contribution in [0, 0.1) is 6.92 Å². The molecule has 1 fully saturated rings. The molecule has 2 aliphatic rings. The lowest BCUT2D eigenvalue weighted by atomic mass is 10.0. The van der Waals surface area contributed by atoms with E-state index in [9.17, 15) is 18.0 Å². The predicted molar refractivity (Wildman–Crippen MR) is 129 cm³/mol. The Morgan fingerprint density at radius 1 is 1.06 bits per heavy atom. The third-order valence-corrected chi connectivity index (χ3v) is 8.03. The lowest BCUT2D eigenvalue weighted by Gasteiger charge is -2.34. The van der Waals surface area contributed by atoms with Gasteiger partial charge in [0.15, 0.2) is 0 Å². The molecule has 2 aromatic carbocycles. The molecule has 0 spiro atoms. The lowest BCUT2D eigenvalue weighted by molar-refractivity contribution is -0.130. The Labute approximate surface area is 200 Å². The Hall–Kier alpha value is -3.17. The molecule has 1 atom stereocenters. The third kappa shape index (κ3) is 5.66. The van der Waals surface area contributed by atoms with Crippen molar-refractivity contribution < 1.29 is 18.0 Å². The minimum absolute atomic E-state index is 0.00359. The number of carbonyl (C=O) groups is 2. The zero-order chi connectivity index (χ0) is 24.1. The van der Waals surface area contributed by atoms with Gasteiger partial charge in [0.05, 0.1) is 11.3 Å². The summed E-state index contributed by atoms with van der Waals surface area (Å²) in [5, 5.41) is 5.52. The van der Waals surface area contributed by atoms with Crippen LogP contribution in [0.4, 0.5) is 0 Å². The summed E-state index contributed by atoms with van der Waals surface area (Å²) in [6.45, 7) is 4.46. The van der Waals surface area contributed by atoms with Crippen molar-refractivity contribution in [1.82, 2.24) is 19.8 Å². The van der Waals surface area contributed by atoms with Crippen LogP contribution in [0.3, 0.4) is 0 Å². The maximum absolute atomic E-state index is 13.2. The van der Waals surface area contributed by atoms with Crippen molar-refractivity contribution in [3.05, 3.63) is 78.1 Å². The minimum Gasteiger partial charge on any atom is -0.353 e. The molecule has 1 saturated heterocycles. The number of aryl methyl sites for hydroxylation is 1. The fourth-order valence-corrected chi connectivity index (χ4v) is 5.76. The van der Waals surface area contributed by atoms with Crippen LogP contribution in [0.5, 0.6) is 0 Å². The van der Waals surface area contributed by atoms with E-state index in [1.165, 1.54) is 30.1 Å². The Bertz CT molecular complexity index is 1140. The first kappa shape index (κ1) is 24.0. The molecule has 9 heteroatoms. The number of sulfonamides is 1. The molecule has 0 unspecified atom stereocenters. The van der Waals surface area contributed by atoms with Crippen molar-refractivity contribution in [3.8, 4) is 0 Å². The van der Waals surface area contributed by atoms with E-state index in [-0.39, 0.29) is 23.3 Å². The van der Waals surface area contributed by atoms with Gasteiger partial charge in [-0.2, -0.15) is 0 Å². The summed E-state index contributed by atoms with van der Waals surface area (Å²) >= 11 is 0. The topological polar surface area (TPSA) is 98.8 Å². The van der Waals surface area contributed by atoms with Gasteiger partial charge >= 0.3 is 0 Å². The molecule has 8 nitrogen and oxygen atoms in total. The molecule has 0 radical (unpaired) electrons. The Morgan fingerprint density at radius 2 is 1.74 bits per heavy atom. The standard InChI is InChI=1S/C25H30N4O4S/c1-19-7-9-22(10-8-19)34(32,33)29-16-13-26-25(31)23(29)17-24(30)27-21-11-14-28(15-12-21)18-20-5-3-2-4-6-20/h2-10,13,16,21,23H,11-12,14-15,17-18H2,1H3,(H,26,31)(H,27,30)/t23-/m1/s1. The summed E-state index contributed by atoms with van der Waals surface area (Å²) in [5.41, 5.74) is 2.19. The summed E-state index contributed by atoms with van der Waals surface area (Å²) in [6.07, 6.45) is 3.95. The molecule has 0 saturated carbocycles. The highest BCUT2D eigenvalue weighted by atomic mass is 32.2. The van der Waals surface area contributed by atoms with Crippen LogP contribution in [-0.4, -0.2) is 54.6 Å². The molecule has 2 aromatic rings. The maximum atomic E-state index is 13.2. The predicted octanol–water partition coefficient (Wildman–Crippen LogP) is 2.13. The number of nitrogens with one attached hydrogen (secondary N) is 2. The SMILES string of the molecule is Cc1ccc(S(=O)(=O)N2C=CNC(=O)[C@H]2CC(=O)NC2CCN(Cc3ccccc3)CC2)cc1. The number of piperidine rings is 1. The normalized spacial score (nSPS) is 19.6. The van der Waals surface area contributed by atoms with Gasteiger partial charge in [0.25, 0.3) is 10.0 Å². The molecule has 34 heavy (non-hydrogen) atoms. The molecule has 0 aliphatic carbocycles. The van der Waals surface area contributed by atoms with Gasteiger partial charge in [-0.25, -0.2) is 8.42 Å². The van der Waals surface area contributed by atoms with E-state index in [0.717, 1.165) is 42.3 Å². The van der Waals surface area contributed by atoms with E-state index in [1.807, 2.05) is 25.1 Å². The number of rotatable bonds is 7. The van der Waals surface area contributed by atoms with Gasteiger partial charge in [-0.05, 0) is 37.5 Å². The molecule has 2 aliphatic heterocycles. The van der Waals surface area contributed by atoms with Crippen LogP contribution in [0.15, 0.2) is 71.9 Å². The Balaban J connectivity index is 1.35. The second-order valence-corrected chi connectivity index (χ2v) is 10.6. The summed E-state index contributed by atoms with van der Waals surface area (Å²) in [5.74, 6) is -0.855. The van der Waals surface area contributed by atoms with Gasteiger partial charge in [-0.3, -0.25) is 18.8 Å². The minimum atomic E-state index is -3.98. The Kier molecular flexibility index (Phi) is 7.33. The second kappa shape index (κ2) is 10.4. The number of amides is 2. The van der Waals surface area contributed by atoms with E-state index < -0.39 is 22.0 Å². The second-order valence-electron chi connectivity index (χ2n) is 8.80. The fourth-order valence-electron chi connectivity index (χ4n) is 4.31. The molecule has 0 aromatic heterocycles. The van der Waals surface area contributed by atoms with Crippen molar-refractivity contribution in [2.45, 2.75) is 49.7 Å². The van der Waals surface area contributed by atoms with E-state index in [1.54, 1.807) is 12.1 Å². The first-order valence-corrected chi connectivity index (χ1v) is 12.9. The van der Waals surface area contributed by atoms with E-state index in [4.69, 9.17) is 0 Å². The zero-order valence-electron chi connectivity index (χ0n) is 19.2. The highest BCUT2D eigenvalue weighted by Crippen LogP contribution is 2.23. The Morgan fingerprint density at radius 3 is 2.41 bits per heavy atom. The van der Waals surface area contributed by atoms with E-state index >= 15 is 0 Å². The maximum Gasteiger partial charge on any atom is 0.264 e. The molecular formula is C25H30N4O4S. The average Bonchev–Trinajstić information content (AvgIpc) is 2.82. The third-order valence-electron chi connectivity index (χ3n) is 6.23. The number of carbonyl (C=O) groups excluding carboxylic acids is 2. The van der Waals surface area contributed by atoms with Crippen molar-refractivity contribution >= 4 is 21.8 Å². The van der Waals surface area contributed by atoms with Gasteiger partial charge in [0, 0.05) is 38.1 Å². The highest BCUT2D eigenvalue weighted by Gasteiger charge is 2.37. The molecule has 0 bridgehead atoms. The van der Waals surface area contributed by atoms with Crippen molar-refractivity contribution in [3.63, 3.8) is 0 Å². The van der Waals surface area contributed by atoms with E-state index in [2.05, 4.69) is 27.7 Å². The van der Waals surface area contributed by atoms with Gasteiger partial charge in [-0.15, -0.1) is 0 Å². The number of hydrogen-bond donors (Lipinski definition) is 2. The first-order chi connectivity index (χ1) is 16.3. The van der Waals surface area contributed by atoms with Gasteiger partial charge in [0.2, 0.25) is 11.8 Å². The summed E-state index contributed by atoms with van der Waals surface area (Å²) in [6, 6.07) is 15.5. The largest absolute Gasteiger partial charge is 0.353 e. The van der Waals surface area contributed by atoms with Crippen LogP contribution < -0.4 is 10.6 Å². The van der Waals surface area contributed by atoms with Gasteiger partial charge in [-0.1, -0.05) is 48.0 Å². The fraction of sp³-hybridized carbons (Fsp3) is 0.360. The van der Waals surface area contributed by atoms with Crippen LogP contribution in [-0.2, 0) is 26.2 Å². The molecular weight excluding hydrogens is 452 g/mol. The van der Waals surface area contributed by atoms with E-state index in [0.29, 0.717) is 0 Å². The average molecular weight is 483 g/mol. The van der Waals surface area contributed by atoms with Crippen LogP contribution >= 0.6 is 0 Å². The van der Waals surface area contributed by atoms with Crippen LogP contribution in [0.25, 0.3) is 0 Å². The van der Waals surface area contributed by atoms with Gasteiger partial charge in [0.1, 0.15) is 6.04 Å². The monoisotopic (exact) mass is 482 g/mol. The molecule has 4 rings (SSSR count). The lowest BCUT2D eigenvalue weighted by Crippen LogP contribution is -2.52. The zero-order valence-corrected chi connectivity index (χ0v) is 20.0. The first-order valence-electron chi connectivity index (χ1n) is 11.5. The smallest absolute Gasteiger partial charge is 0.264 e. The van der Waals surface area contributed by atoms with Crippen LogP contribution in [0.2, 0.25) is 0 Å². The number of likely N-dealkylation sites (tertiary alicyclic amines) is 1. The van der Waals surface area contributed by atoms with Crippen molar-refractivity contribution in [1.29, 1.82) is 0 Å². The molecule has 2 amide bonds. The molecule has 2 heterocycles. The summed E-state index contributed by atoms with van der Waals surface area (Å²) < 4.78 is 27.3. The number of benzene rings is 2. The highest BCUT2D eigenvalue weighted by molar-refractivity contribution is 7.89. The quantitative estimate of drug-likeness (QED) is 0.630. The molecule has 2 N–H and O–H groups in total. The summed E-state index contributed by atoms with van der Waals surface area (Å²) in [7, 11) is -3.98. The van der Waals surface area contributed by atoms with Gasteiger partial charge < -0.3 is 10.6 Å². The number of nitrogens with zero attached hydrogens (tertiary/aromatic N) is 2. The molecule has 180 valence electrons. The summed E-state index contributed by atoms with van der Waals surface area (Å²) in [4.78, 5) is 27.8. The van der Waals surface area contributed by atoms with Crippen molar-refractivity contribution in [2.75, 3.05) is 13.1 Å². The van der Waals surface area contributed by atoms with Crippen molar-refractivity contribution in [2.24, 2.45) is 0 Å².